The van der Waals surface area contributed by atoms with Crippen LogP contribution in [-0.4, -0.2) is 48.2 Å². The van der Waals surface area contributed by atoms with Crippen molar-refractivity contribution in [2.24, 2.45) is 0 Å². The molecular weight excluding hydrogens is 348 g/mol. The molecule has 1 aliphatic heterocycles. The van der Waals surface area contributed by atoms with Crippen molar-refractivity contribution >= 4 is 35.3 Å². The number of halogens is 1. The number of urea groups is 1. The molecule has 0 aromatic heterocycles. The van der Waals surface area contributed by atoms with Gasteiger partial charge in [0.2, 0.25) is 0 Å². The first kappa shape index (κ1) is 19.1. The number of carbonyl (C=O) groups is 3. The molecule has 1 fully saturated rings. The van der Waals surface area contributed by atoms with Crippen LogP contribution in [0.3, 0.4) is 0 Å². The largest absolute Gasteiger partial charge is 0.464 e. The molecule has 1 aliphatic rings. The topological polar surface area (TPSA) is 84.9 Å². The van der Waals surface area contributed by atoms with Crippen molar-refractivity contribution < 1.29 is 23.9 Å². The number of rotatable bonds is 5. The average Bonchev–Trinajstić information content (AvgIpc) is 3.02. The van der Waals surface area contributed by atoms with E-state index in [1.165, 1.54) is 4.90 Å². The molecule has 2 atom stereocenters. The Balaban J connectivity index is 2.20. The summed E-state index contributed by atoms with van der Waals surface area (Å²) in [6, 6.07) is 4.34. The third-order valence-corrected chi connectivity index (χ3v) is 4.08. The fourth-order valence-electron chi connectivity index (χ4n) is 2.76. The first-order valence-electron chi connectivity index (χ1n) is 8.16. The molecule has 1 heterocycles. The predicted octanol–water partition coefficient (Wildman–Crippen LogP) is 2.83. The van der Waals surface area contributed by atoms with Crippen molar-refractivity contribution in [3.63, 3.8) is 0 Å². The van der Waals surface area contributed by atoms with Gasteiger partial charge < -0.3 is 14.8 Å². The van der Waals surface area contributed by atoms with Crippen LogP contribution in [0, 0.1) is 0 Å². The van der Waals surface area contributed by atoms with E-state index in [0.717, 1.165) is 0 Å². The van der Waals surface area contributed by atoms with E-state index in [1.54, 1.807) is 38.1 Å². The maximum atomic E-state index is 12.7. The maximum Gasteiger partial charge on any atom is 0.328 e. The lowest BCUT2D eigenvalue weighted by molar-refractivity contribution is -0.151. The van der Waals surface area contributed by atoms with Crippen LogP contribution in [0.5, 0.6) is 0 Å². The molecule has 1 aromatic carbocycles. The standard InChI is InChI=1S/C17H21ClN2O5/c1-3-24-15(21)13-9-10-14(16(22)25-4-2)20(13)17(23)19-12-7-5-11(18)6-8-12/h5-8,13-14H,3-4,9-10H2,1-2H3,(H,19,23)/t13-,14+. The number of anilines is 1. The summed E-state index contributed by atoms with van der Waals surface area (Å²) in [6.45, 7) is 3.78. The molecule has 1 N–H and O–H groups in total. The number of nitrogens with zero attached hydrogens (tertiary/aromatic N) is 1. The minimum Gasteiger partial charge on any atom is -0.464 e. The number of carbonyl (C=O) groups excluding carboxylic acids is 3. The quantitative estimate of drug-likeness (QED) is 0.808. The molecule has 0 saturated carbocycles. The molecule has 0 radical (unpaired) electrons. The predicted molar refractivity (Wildman–Crippen MR) is 92.4 cm³/mol. The highest BCUT2D eigenvalue weighted by atomic mass is 35.5. The van der Waals surface area contributed by atoms with Gasteiger partial charge in [0.1, 0.15) is 12.1 Å². The monoisotopic (exact) mass is 368 g/mol. The molecule has 0 unspecified atom stereocenters. The first-order chi connectivity index (χ1) is 12.0. The minimum atomic E-state index is -0.818. The lowest BCUT2D eigenvalue weighted by Gasteiger charge is -2.28. The van der Waals surface area contributed by atoms with Gasteiger partial charge in [-0.2, -0.15) is 0 Å². The molecule has 0 aliphatic carbocycles. The Bertz CT molecular complexity index is 608. The third kappa shape index (κ3) is 4.63. The summed E-state index contributed by atoms with van der Waals surface area (Å²) in [6.07, 6.45) is 0.687. The maximum absolute atomic E-state index is 12.7. The van der Waals surface area contributed by atoms with Crippen LogP contribution < -0.4 is 5.32 Å². The lowest BCUT2D eigenvalue weighted by atomic mass is 10.2. The minimum absolute atomic E-state index is 0.200. The van der Waals surface area contributed by atoms with Crippen molar-refractivity contribution in [1.29, 1.82) is 0 Å². The Kier molecular flexibility index (Phi) is 6.64. The zero-order valence-electron chi connectivity index (χ0n) is 14.2. The van der Waals surface area contributed by atoms with Gasteiger partial charge in [-0.15, -0.1) is 0 Å². The van der Waals surface area contributed by atoms with Crippen molar-refractivity contribution in [2.75, 3.05) is 18.5 Å². The lowest BCUT2D eigenvalue weighted by Crippen LogP contribution is -2.50. The van der Waals surface area contributed by atoms with E-state index in [4.69, 9.17) is 21.1 Å². The molecule has 136 valence electrons. The molecule has 1 saturated heterocycles. The number of nitrogens with one attached hydrogen (secondary N) is 1. The van der Waals surface area contributed by atoms with Crippen molar-refractivity contribution in [3.05, 3.63) is 29.3 Å². The molecule has 2 rings (SSSR count). The summed E-state index contributed by atoms with van der Waals surface area (Å²) in [5, 5.41) is 3.21. The number of likely N-dealkylation sites (tertiary alicyclic amines) is 1. The van der Waals surface area contributed by atoms with Crippen LogP contribution in [0.25, 0.3) is 0 Å². The van der Waals surface area contributed by atoms with E-state index in [9.17, 15) is 14.4 Å². The molecular formula is C17H21ClN2O5. The smallest absolute Gasteiger partial charge is 0.328 e. The molecule has 0 spiro atoms. The Morgan fingerprint density at radius 3 is 1.96 bits per heavy atom. The van der Waals surface area contributed by atoms with Crippen LogP contribution in [0.2, 0.25) is 5.02 Å². The van der Waals surface area contributed by atoms with Crippen molar-refractivity contribution in [3.8, 4) is 0 Å². The first-order valence-corrected chi connectivity index (χ1v) is 8.53. The van der Waals surface area contributed by atoms with Crippen LogP contribution in [0.4, 0.5) is 10.5 Å². The fraction of sp³-hybridized carbons (Fsp3) is 0.471. The van der Waals surface area contributed by atoms with Gasteiger partial charge in [-0.05, 0) is 51.0 Å². The van der Waals surface area contributed by atoms with Crippen LogP contribution >= 0.6 is 11.6 Å². The van der Waals surface area contributed by atoms with E-state index in [-0.39, 0.29) is 13.2 Å². The van der Waals surface area contributed by atoms with Gasteiger partial charge in [0.15, 0.2) is 0 Å². The normalized spacial score (nSPS) is 19.4. The van der Waals surface area contributed by atoms with E-state index >= 15 is 0 Å². The Hall–Kier alpha value is -2.28. The Morgan fingerprint density at radius 1 is 1.04 bits per heavy atom. The highest BCUT2D eigenvalue weighted by Gasteiger charge is 2.45. The van der Waals surface area contributed by atoms with Gasteiger partial charge >= 0.3 is 18.0 Å². The summed E-state index contributed by atoms with van der Waals surface area (Å²) in [5.41, 5.74) is 0.506. The SMILES string of the molecule is CCOC(=O)[C@H]1CC[C@@H](C(=O)OCC)N1C(=O)Nc1ccc(Cl)cc1. The van der Waals surface area contributed by atoms with Gasteiger partial charge in [0.05, 0.1) is 13.2 Å². The Morgan fingerprint density at radius 2 is 1.52 bits per heavy atom. The third-order valence-electron chi connectivity index (χ3n) is 3.83. The van der Waals surface area contributed by atoms with Gasteiger partial charge in [0, 0.05) is 10.7 Å². The average molecular weight is 369 g/mol. The van der Waals surface area contributed by atoms with Gasteiger partial charge in [-0.3, -0.25) is 4.90 Å². The van der Waals surface area contributed by atoms with E-state index in [2.05, 4.69) is 5.32 Å². The summed E-state index contributed by atoms with van der Waals surface area (Å²) >= 11 is 5.83. The zero-order chi connectivity index (χ0) is 18.4. The second kappa shape index (κ2) is 8.71. The molecule has 25 heavy (non-hydrogen) atoms. The zero-order valence-corrected chi connectivity index (χ0v) is 14.9. The highest BCUT2D eigenvalue weighted by Crippen LogP contribution is 2.27. The molecule has 2 amide bonds. The Labute approximate surface area is 151 Å². The van der Waals surface area contributed by atoms with Crippen molar-refractivity contribution in [2.45, 2.75) is 38.8 Å². The van der Waals surface area contributed by atoms with E-state index < -0.39 is 30.1 Å². The number of ether oxygens (including phenoxy) is 2. The molecule has 1 aromatic rings. The number of benzene rings is 1. The highest BCUT2D eigenvalue weighted by molar-refractivity contribution is 6.30. The van der Waals surface area contributed by atoms with E-state index in [0.29, 0.717) is 23.6 Å². The van der Waals surface area contributed by atoms with Crippen molar-refractivity contribution in [1.82, 2.24) is 4.90 Å². The second-order valence-corrected chi connectivity index (χ2v) is 5.89. The van der Waals surface area contributed by atoms with Gasteiger partial charge in [-0.1, -0.05) is 11.6 Å². The number of hydrogen-bond donors (Lipinski definition) is 1. The molecule has 8 heteroatoms. The number of amides is 2. The summed E-state index contributed by atoms with van der Waals surface area (Å²) in [7, 11) is 0. The second-order valence-electron chi connectivity index (χ2n) is 5.46. The molecule has 7 nitrogen and oxygen atoms in total. The summed E-state index contributed by atoms with van der Waals surface area (Å²) in [4.78, 5) is 38.3. The number of esters is 2. The van der Waals surface area contributed by atoms with E-state index in [1.807, 2.05) is 0 Å². The van der Waals surface area contributed by atoms with Gasteiger partial charge in [-0.25, -0.2) is 14.4 Å². The van der Waals surface area contributed by atoms with Crippen LogP contribution in [0.15, 0.2) is 24.3 Å². The van der Waals surface area contributed by atoms with Gasteiger partial charge in [0.25, 0.3) is 0 Å². The fourth-order valence-corrected chi connectivity index (χ4v) is 2.88. The van der Waals surface area contributed by atoms with Crippen LogP contribution in [0.1, 0.15) is 26.7 Å². The van der Waals surface area contributed by atoms with Crippen LogP contribution in [-0.2, 0) is 19.1 Å². The summed E-state index contributed by atoms with van der Waals surface area (Å²) in [5.74, 6) is -1.05. The number of hydrogen-bond acceptors (Lipinski definition) is 5. The summed E-state index contributed by atoms with van der Waals surface area (Å²) < 4.78 is 10.1. The molecule has 0 bridgehead atoms.